The average molecular weight is 192 g/mol. The van der Waals surface area contributed by atoms with Crippen molar-refractivity contribution in [3.05, 3.63) is 23.5 Å². The third-order valence-electron chi connectivity index (χ3n) is 1.80. The van der Waals surface area contributed by atoms with Crippen LogP contribution in [0.1, 0.15) is 11.3 Å². The Morgan fingerprint density at radius 1 is 1.79 bits per heavy atom. The molecule has 0 bridgehead atoms. The Morgan fingerprint density at radius 3 is 3.00 bits per heavy atom. The van der Waals surface area contributed by atoms with Gasteiger partial charge in [0.25, 0.3) is 0 Å². The Hall–Kier alpha value is -1.80. The third kappa shape index (κ3) is 2.61. The minimum absolute atomic E-state index is 0.150. The van der Waals surface area contributed by atoms with Gasteiger partial charge < -0.3 is 15.6 Å². The fourth-order valence-corrected chi connectivity index (χ4v) is 1.17. The Balaban J connectivity index is 2.52. The monoisotopic (exact) mass is 192 g/mol. The molecule has 1 amide bonds. The van der Waals surface area contributed by atoms with Crippen molar-refractivity contribution >= 4 is 5.91 Å². The molecular formula is C9H12N4O. The van der Waals surface area contributed by atoms with Gasteiger partial charge in [-0.25, -0.2) is 0 Å². The number of hydrogen-bond acceptors (Lipinski definition) is 3. The molecule has 0 saturated heterocycles. The smallest absolute Gasteiger partial charge is 0.231 e. The van der Waals surface area contributed by atoms with E-state index in [0.717, 1.165) is 5.56 Å². The second-order valence-corrected chi connectivity index (χ2v) is 3.03. The predicted octanol–water partition coefficient (Wildman–Crippen LogP) is -0.528. The first-order chi connectivity index (χ1) is 6.63. The Morgan fingerprint density at radius 2 is 2.50 bits per heavy atom. The molecule has 5 nitrogen and oxygen atoms in total. The highest BCUT2D eigenvalue weighted by Crippen LogP contribution is 2.05. The number of hydrogen-bond donors (Lipinski definition) is 2. The third-order valence-corrected chi connectivity index (χ3v) is 1.80. The molecule has 1 rings (SSSR count). The quantitative estimate of drug-likeness (QED) is 0.672. The molecule has 0 aliphatic rings. The van der Waals surface area contributed by atoms with Crippen LogP contribution < -0.4 is 11.1 Å². The van der Waals surface area contributed by atoms with Crippen LogP contribution in [-0.4, -0.2) is 17.0 Å². The van der Waals surface area contributed by atoms with Crippen LogP contribution in [0.3, 0.4) is 0 Å². The molecular weight excluding hydrogens is 180 g/mol. The number of rotatable bonds is 4. The lowest BCUT2D eigenvalue weighted by Crippen LogP contribution is -2.27. The largest absolute Gasteiger partial charge is 0.369 e. The zero-order chi connectivity index (χ0) is 10.6. The van der Waals surface area contributed by atoms with Crippen molar-refractivity contribution in [2.45, 2.75) is 6.54 Å². The van der Waals surface area contributed by atoms with Crippen molar-refractivity contribution in [3.8, 4) is 6.07 Å². The van der Waals surface area contributed by atoms with Crippen molar-refractivity contribution in [2.24, 2.45) is 12.8 Å². The highest BCUT2D eigenvalue weighted by atomic mass is 16.1. The molecule has 0 spiro atoms. The van der Waals surface area contributed by atoms with Crippen molar-refractivity contribution in [1.29, 1.82) is 5.26 Å². The lowest BCUT2D eigenvalue weighted by molar-refractivity contribution is -0.117. The number of carbonyl (C=O) groups is 1. The number of nitrogens with one attached hydrogen (secondary N) is 1. The molecule has 0 radical (unpaired) electrons. The summed E-state index contributed by atoms with van der Waals surface area (Å²) in [5.74, 6) is -0.388. The van der Waals surface area contributed by atoms with Gasteiger partial charge in [-0.2, -0.15) is 5.26 Å². The van der Waals surface area contributed by atoms with Gasteiger partial charge in [0.05, 0.1) is 6.54 Å². The first-order valence-electron chi connectivity index (χ1n) is 4.18. The second kappa shape index (κ2) is 4.44. The number of aromatic nitrogens is 1. The van der Waals surface area contributed by atoms with E-state index < -0.39 is 0 Å². The van der Waals surface area contributed by atoms with E-state index in [1.165, 1.54) is 0 Å². The summed E-state index contributed by atoms with van der Waals surface area (Å²) in [5.41, 5.74) is 6.52. The van der Waals surface area contributed by atoms with Crippen molar-refractivity contribution in [3.63, 3.8) is 0 Å². The molecule has 0 atom stereocenters. The van der Waals surface area contributed by atoms with Gasteiger partial charge in [0.15, 0.2) is 0 Å². The molecule has 1 heterocycles. The fraction of sp³-hybridized carbons (Fsp3) is 0.333. The van der Waals surface area contributed by atoms with Crippen LogP contribution in [0.2, 0.25) is 0 Å². The topological polar surface area (TPSA) is 83.8 Å². The summed E-state index contributed by atoms with van der Waals surface area (Å²) in [5, 5.41) is 11.5. The Labute approximate surface area is 82.1 Å². The van der Waals surface area contributed by atoms with E-state index in [-0.39, 0.29) is 12.5 Å². The summed E-state index contributed by atoms with van der Waals surface area (Å²) >= 11 is 0. The van der Waals surface area contributed by atoms with Crippen molar-refractivity contribution < 1.29 is 4.79 Å². The van der Waals surface area contributed by atoms with Gasteiger partial charge in [-0.15, -0.1) is 0 Å². The molecule has 0 fully saturated rings. The first-order valence-corrected chi connectivity index (χ1v) is 4.18. The maximum atomic E-state index is 10.4. The summed E-state index contributed by atoms with van der Waals surface area (Å²) in [4.78, 5) is 10.4. The number of primary amides is 1. The van der Waals surface area contributed by atoms with E-state index in [1.54, 1.807) is 17.7 Å². The van der Waals surface area contributed by atoms with Crippen LogP contribution >= 0.6 is 0 Å². The van der Waals surface area contributed by atoms with Crippen LogP contribution in [0.5, 0.6) is 0 Å². The predicted molar refractivity (Wildman–Crippen MR) is 51.0 cm³/mol. The van der Waals surface area contributed by atoms with Crippen LogP contribution in [0, 0.1) is 11.3 Å². The van der Waals surface area contributed by atoms with Gasteiger partial charge in [-0.3, -0.25) is 4.79 Å². The summed E-state index contributed by atoms with van der Waals surface area (Å²) in [6.45, 7) is 0.690. The zero-order valence-corrected chi connectivity index (χ0v) is 7.95. The van der Waals surface area contributed by atoms with E-state index in [0.29, 0.717) is 12.2 Å². The van der Waals surface area contributed by atoms with Crippen molar-refractivity contribution in [2.75, 3.05) is 6.54 Å². The van der Waals surface area contributed by atoms with Crippen molar-refractivity contribution in [1.82, 2.24) is 9.88 Å². The number of nitrogens with zero attached hydrogens (tertiary/aromatic N) is 2. The minimum Gasteiger partial charge on any atom is -0.369 e. The highest BCUT2D eigenvalue weighted by molar-refractivity contribution is 5.75. The molecule has 74 valence electrons. The van der Waals surface area contributed by atoms with Gasteiger partial charge in [0, 0.05) is 19.8 Å². The number of nitriles is 1. The lowest BCUT2D eigenvalue weighted by Gasteiger charge is -1.98. The van der Waals surface area contributed by atoms with E-state index >= 15 is 0 Å². The molecule has 5 heteroatoms. The Bertz CT molecular complexity index is 375. The highest BCUT2D eigenvalue weighted by Gasteiger charge is 2.01. The lowest BCUT2D eigenvalue weighted by atomic mass is 10.3. The van der Waals surface area contributed by atoms with Gasteiger partial charge in [-0.1, -0.05) is 0 Å². The zero-order valence-electron chi connectivity index (χ0n) is 7.95. The summed E-state index contributed by atoms with van der Waals surface area (Å²) < 4.78 is 1.74. The van der Waals surface area contributed by atoms with Crippen LogP contribution in [-0.2, 0) is 18.4 Å². The van der Waals surface area contributed by atoms with Crippen LogP contribution in [0.4, 0.5) is 0 Å². The van der Waals surface area contributed by atoms with Crippen LogP contribution in [0.15, 0.2) is 12.3 Å². The SMILES string of the molecule is Cn1cc(CNCC(N)=O)cc1C#N. The molecule has 14 heavy (non-hydrogen) atoms. The van der Waals surface area contributed by atoms with Gasteiger partial charge in [-0.05, 0) is 11.6 Å². The maximum absolute atomic E-state index is 10.4. The Kier molecular flexibility index (Phi) is 3.26. The standard InChI is InChI=1S/C9H12N4O/c1-13-6-7(2-8(13)3-10)4-12-5-9(11)14/h2,6,12H,4-5H2,1H3,(H2,11,14). The summed E-state index contributed by atoms with van der Waals surface area (Å²) in [7, 11) is 1.80. The second-order valence-electron chi connectivity index (χ2n) is 3.03. The summed E-state index contributed by atoms with van der Waals surface area (Å²) in [6.07, 6.45) is 1.84. The number of amides is 1. The molecule has 0 saturated carbocycles. The summed E-state index contributed by atoms with van der Waals surface area (Å²) in [6, 6.07) is 3.83. The maximum Gasteiger partial charge on any atom is 0.231 e. The van der Waals surface area contributed by atoms with E-state index in [9.17, 15) is 4.79 Å². The first kappa shape index (κ1) is 10.3. The van der Waals surface area contributed by atoms with Gasteiger partial charge >= 0.3 is 0 Å². The molecule has 0 aliphatic carbocycles. The van der Waals surface area contributed by atoms with E-state index in [4.69, 9.17) is 11.0 Å². The molecule has 0 unspecified atom stereocenters. The van der Waals surface area contributed by atoms with E-state index in [2.05, 4.69) is 11.4 Å². The molecule has 3 N–H and O–H groups in total. The van der Waals surface area contributed by atoms with E-state index in [1.807, 2.05) is 6.20 Å². The number of aryl methyl sites for hydroxylation is 1. The van der Waals surface area contributed by atoms with Gasteiger partial charge in [0.2, 0.25) is 5.91 Å². The molecule has 1 aromatic rings. The number of carbonyl (C=O) groups excluding carboxylic acids is 1. The molecule has 0 aliphatic heterocycles. The van der Waals surface area contributed by atoms with Gasteiger partial charge in [0.1, 0.15) is 11.8 Å². The normalized spacial score (nSPS) is 9.71. The molecule has 1 aromatic heterocycles. The minimum atomic E-state index is -0.388. The number of nitrogens with two attached hydrogens (primary N) is 1. The average Bonchev–Trinajstić information content (AvgIpc) is 2.45. The fourth-order valence-electron chi connectivity index (χ4n) is 1.17. The van der Waals surface area contributed by atoms with Crippen LogP contribution in [0.25, 0.3) is 0 Å². The molecule has 0 aromatic carbocycles.